The number of rotatable bonds is 10. The van der Waals surface area contributed by atoms with Gasteiger partial charge in [0, 0.05) is 31.0 Å². The molecule has 0 spiro atoms. The Morgan fingerprint density at radius 2 is 1.92 bits per heavy atom. The fourth-order valence-electron chi connectivity index (χ4n) is 4.40. The number of ether oxygens (including phenoxy) is 2. The minimum atomic E-state index is -4.32. The summed E-state index contributed by atoms with van der Waals surface area (Å²) in [5.41, 5.74) is 0.973. The third-order valence-corrected chi connectivity index (χ3v) is 8.48. The van der Waals surface area contributed by atoms with E-state index in [0.29, 0.717) is 55.8 Å². The third kappa shape index (κ3) is 7.53. The van der Waals surface area contributed by atoms with Gasteiger partial charge in [-0.1, -0.05) is 11.6 Å². The molecular weight excluding hydrogens is 535 g/mol. The average Bonchev–Trinajstić information content (AvgIpc) is 3.17. The number of nitrogens with one attached hydrogen (secondary N) is 1. The summed E-state index contributed by atoms with van der Waals surface area (Å²) in [5, 5.41) is 7.02. The van der Waals surface area contributed by atoms with Gasteiger partial charge >= 0.3 is 6.18 Å². The second-order valence-electron chi connectivity index (χ2n) is 9.08. The van der Waals surface area contributed by atoms with Gasteiger partial charge in [-0.25, -0.2) is 8.42 Å². The maximum Gasteiger partial charge on any atom is 0.392 e. The largest absolute Gasteiger partial charge is 0.496 e. The molecule has 0 saturated heterocycles. The first-order chi connectivity index (χ1) is 17.3. The molecule has 206 valence electrons. The first-order valence-corrected chi connectivity index (χ1v) is 14.3. The number of methoxy groups -OCH3 is 1. The second-order valence-corrected chi connectivity index (χ2v) is 11.8. The van der Waals surface area contributed by atoms with Crippen LogP contribution in [0.4, 0.5) is 13.2 Å². The highest BCUT2D eigenvalue weighted by atomic mass is 35.5. The van der Waals surface area contributed by atoms with Crippen LogP contribution in [-0.2, 0) is 16.4 Å². The molecule has 3 rings (SSSR count). The highest BCUT2D eigenvalue weighted by molar-refractivity contribution is 7.91. The number of halogens is 4. The molecule has 0 atom stereocenters. The average molecular weight is 566 g/mol. The molecule has 2 aromatic rings. The molecule has 1 aromatic heterocycles. The van der Waals surface area contributed by atoms with Crippen molar-refractivity contribution in [3.05, 3.63) is 28.9 Å². The van der Waals surface area contributed by atoms with Crippen molar-refractivity contribution in [2.45, 2.75) is 57.0 Å². The lowest BCUT2D eigenvalue weighted by molar-refractivity contribution is -0.139. The molecule has 1 N–H and O–H groups in total. The van der Waals surface area contributed by atoms with E-state index in [4.69, 9.17) is 21.1 Å². The maximum absolute atomic E-state index is 12.9. The number of alkyl halides is 3. The second kappa shape index (κ2) is 11.9. The Morgan fingerprint density at radius 3 is 2.49 bits per heavy atom. The number of aromatic nitrogens is 2. The van der Waals surface area contributed by atoms with Crippen LogP contribution in [0.3, 0.4) is 0 Å². The molecule has 1 fully saturated rings. The molecule has 1 aromatic carbocycles. The summed E-state index contributed by atoms with van der Waals surface area (Å²) in [5.74, 6) is 0.218. The number of hydrogen-bond acceptors (Lipinski definition) is 6. The van der Waals surface area contributed by atoms with E-state index >= 15 is 0 Å². The van der Waals surface area contributed by atoms with Gasteiger partial charge < -0.3 is 14.8 Å². The quantitative estimate of drug-likeness (QED) is 0.440. The standard InChI is InChI=1S/C24H31ClF3N3O5S/c1-4-31-22(18-10-7-16(13-19(18)35-2)36-12-11-24(26,27)28)20(25)21(30-31)23(32)29-14-15-5-8-17(9-6-15)37(3,33)34/h7,10,13,15,17H,4-6,8-9,11-12,14H2,1-3H3,(H,29,32). The summed E-state index contributed by atoms with van der Waals surface area (Å²) < 4.78 is 73.0. The Bertz CT molecular complexity index is 1210. The first-order valence-electron chi connectivity index (χ1n) is 11.9. The van der Waals surface area contributed by atoms with E-state index in [9.17, 15) is 26.4 Å². The molecule has 8 nitrogen and oxygen atoms in total. The highest BCUT2D eigenvalue weighted by Crippen LogP contribution is 2.39. The van der Waals surface area contributed by atoms with Crippen LogP contribution in [0.2, 0.25) is 5.02 Å². The summed E-state index contributed by atoms with van der Waals surface area (Å²) in [4.78, 5) is 12.9. The van der Waals surface area contributed by atoms with Gasteiger partial charge in [-0.05, 0) is 50.7 Å². The molecule has 13 heteroatoms. The van der Waals surface area contributed by atoms with Gasteiger partial charge in [0.05, 0.1) is 36.1 Å². The predicted octanol–water partition coefficient (Wildman–Crippen LogP) is 4.90. The van der Waals surface area contributed by atoms with Gasteiger partial charge in [0.1, 0.15) is 21.3 Å². The summed E-state index contributed by atoms with van der Waals surface area (Å²) in [7, 11) is -1.65. The number of aryl methyl sites for hydroxylation is 1. The van der Waals surface area contributed by atoms with Crippen LogP contribution < -0.4 is 14.8 Å². The SMILES string of the molecule is CCn1nc(C(=O)NCC2CCC(S(C)(=O)=O)CC2)c(Cl)c1-c1ccc(OCCC(F)(F)F)cc1OC. The maximum atomic E-state index is 12.9. The Kier molecular flexibility index (Phi) is 9.38. The minimum absolute atomic E-state index is 0.0379. The van der Waals surface area contributed by atoms with Crippen LogP contribution >= 0.6 is 11.6 Å². The summed E-state index contributed by atoms with van der Waals surface area (Å²) in [6.07, 6.45) is -1.59. The highest BCUT2D eigenvalue weighted by Gasteiger charge is 2.30. The van der Waals surface area contributed by atoms with Crippen LogP contribution in [0, 0.1) is 5.92 Å². The van der Waals surface area contributed by atoms with Crippen LogP contribution in [0.15, 0.2) is 18.2 Å². The van der Waals surface area contributed by atoms with Gasteiger partial charge in [0.15, 0.2) is 5.69 Å². The number of hydrogen-bond donors (Lipinski definition) is 1. The van der Waals surface area contributed by atoms with E-state index < -0.39 is 34.9 Å². The lowest BCUT2D eigenvalue weighted by Gasteiger charge is -2.27. The van der Waals surface area contributed by atoms with E-state index in [1.165, 1.54) is 25.5 Å². The molecule has 1 saturated carbocycles. The molecule has 1 heterocycles. The molecule has 0 bridgehead atoms. The normalized spacial score (nSPS) is 18.5. The molecular formula is C24H31ClF3N3O5S. The number of amides is 1. The van der Waals surface area contributed by atoms with Crippen molar-refractivity contribution < 1.29 is 35.9 Å². The molecule has 1 amide bonds. The zero-order chi connectivity index (χ0) is 27.4. The van der Waals surface area contributed by atoms with Crippen molar-refractivity contribution >= 4 is 27.3 Å². The van der Waals surface area contributed by atoms with Crippen molar-refractivity contribution in [2.24, 2.45) is 5.92 Å². The van der Waals surface area contributed by atoms with Gasteiger partial charge in [-0.2, -0.15) is 18.3 Å². The number of sulfone groups is 1. The number of carbonyl (C=O) groups excluding carboxylic acids is 1. The van der Waals surface area contributed by atoms with E-state index in [-0.39, 0.29) is 27.6 Å². The van der Waals surface area contributed by atoms with Crippen LogP contribution in [-0.4, -0.2) is 62.0 Å². The molecule has 1 aliphatic carbocycles. The number of benzene rings is 1. The topological polar surface area (TPSA) is 99.5 Å². The van der Waals surface area contributed by atoms with Crippen LogP contribution in [0.5, 0.6) is 11.5 Å². The van der Waals surface area contributed by atoms with E-state index in [1.807, 2.05) is 6.92 Å². The Balaban J connectivity index is 1.73. The van der Waals surface area contributed by atoms with Gasteiger partial charge in [0.2, 0.25) is 0 Å². The lowest BCUT2D eigenvalue weighted by atomic mass is 9.89. The zero-order valence-electron chi connectivity index (χ0n) is 20.9. The van der Waals surface area contributed by atoms with Crippen molar-refractivity contribution in [3.8, 4) is 22.8 Å². The predicted molar refractivity (Wildman–Crippen MR) is 134 cm³/mol. The van der Waals surface area contributed by atoms with E-state index in [0.717, 1.165) is 0 Å². The molecule has 0 aliphatic heterocycles. The van der Waals surface area contributed by atoms with E-state index in [1.54, 1.807) is 10.7 Å². The van der Waals surface area contributed by atoms with Gasteiger partial charge in [0.25, 0.3) is 5.91 Å². The Labute approximate surface area is 219 Å². The summed E-state index contributed by atoms with van der Waals surface area (Å²) in [6.45, 7) is 2.08. The first kappa shape index (κ1) is 29.1. The molecule has 0 unspecified atom stereocenters. The zero-order valence-corrected chi connectivity index (χ0v) is 22.5. The van der Waals surface area contributed by atoms with Crippen LogP contribution in [0.25, 0.3) is 11.3 Å². The van der Waals surface area contributed by atoms with Crippen LogP contribution in [0.1, 0.15) is 49.5 Å². The van der Waals surface area contributed by atoms with Crippen molar-refractivity contribution in [2.75, 3.05) is 26.5 Å². The lowest BCUT2D eigenvalue weighted by Crippen LogP contribution is -2.34. The Morgan fingerprint density at radius 1 is 1.24 bits per heavy atom. The smallest absolute Gasteiger partial charge is 0.392 e. The fraction of sp³-hybridized carbons (Fsp3) is 0.583. The van der Waals surface area contributed by atoms with Gasteiger partial charge in [-0.15, -0.1) is 0 Å². The Hall–Kier alpha value is -2.47. The summed E-state index contributed by atoms with van der Waals surface area (Å²) >= 11 is 6.61. The van der Waals surface area contributed by atoms with Crippen molar-refractivity contribution in [1.29, 1.82) is 0 Å². The van der Waals surface area contributed by atoms with Crippen molar-refractivity contribution in [1.82, 2.24) is 15.1 Å². The van der Waals surface area contributed by atoms with E-state index in [2.05, 4.69) is 10.4 Å². The van der Waals surface area contributed by atoms with Gasteiger partial charge in [-0.3, -0.25) is 9.48 Å². The van der Waals surface area contributed by atoms with Crippen molar-refractivity contribution in [3.63, 3.8) is 0 Å². The number of carbonyl (C=O) groups is 1. The molecule has 0 radical (unpaired) electrons. The molecule has 1 aliphatic rings. The monoisotopic (exact) mass is 565 g/mol. The molecule has 37 heavy (non-hydrogen) atoms. The summed E-state index contributed by atoms with van der Waals surface area (Å²) in [6, 6.07) is 4.56. The third-order valence-electron chi connectivity index (χ3n) is 6.44. The number of nitrogens with zero attached hydrogens (tertiary/aromatic N) is 2. The minimum Gasteiger partial charge on any atom is -0.496 e. The fourth-order valence-corrected chi connectivity index (χ4v) is 5.85.